The molecule has 0 aromatic carbocycles. The predicted octanol–water partition coefficient (Wildman–Crippen LogP) is 1.98. The van der Waals surface area contributed by atoms with E-state index in [2.05, 4.69) is 15.0 Å². The smallest absolute Gasteiger partial charge is 0.230 e. The molecule has 0 N–H and O–H groups in total. The lowest BCUT2D eigenvalue weighted by Gasteiger charge is -2.15. The Kier molecular flexibility index (Phi) is 4.71. The van der Waals surface area contributed by atoms with Crippen molar-refractivity contribution in [1.29, 1.82) is 0 Å². The van der Waals surface area contributed by atoms with E-state index in [1.165, 1.54) is 0 Å². The molecule has 1 heterocycles. The molecule has 1 rings (SSSR count). The van der Waals surface area contributed by atoms with Crippen molar-refractivity contribution in [3.8, 4) is 0 Å². The molecule has 0 aliphatic heterocycles. The quantitative estimate of drug-likeness (QED) is 0.820. The monoisotopic (exact) mass is 252 g/mol. The van der Waals surface area contributed by atoms with Gasteiger partial charge < -0.3 is 4.90 Å². The molecule has 0 saturated heterocycles. The Hall–Kier alpha value is -0.260. The zero-order chi connectivity index (χ0) is 10.6. The van der Waals surface area contributed by atoms with Crippen LogP contribution >= 0.6 is 35.0 Å². The molecule has 0 radical (unpaired) electrons. The molecule has 14 heavy (non-hydrogen) atoms. The molecule has 0 aliphatic rings. The van der Waals surface area contributed by atoms with Gasteiger partial charge in [0.1, 0.15) is 0 Å². The zero-order valence-electron chi connectivity index (χ0n) is 7.87. The summed E-state index contributed by atoms with van der Waals surface area (Å²) < 4.78 is 0. The predicted molar refractivity (Wildman–Crippen MR) is 61.5 cm³/mol. The van der Waals surface area contributed by atoms with Gasteiger partial charge in [-0.15, -0.1) is 0 Å². The van der Waals surface area contributed by atoms with Crippen LogP contribution in [0, 0.1) is 0 Å². The van der Waals surface area contributed by atoms with Gasteiger partial charge in [-0.05, 0) is 29.5 Å². The summed E-state index contributed by atoms with van der Waals surface area (Å²) in [5.41, 5.74) is 0. The Morgan fingerprint density at radius 2 is 1.79 bits per heavy atom. The summed E-state index contributed by atoms with van der Waals surface area (Å²) in [6, 6.07) is 0. The molecule has 1 aromatic rings. The van der Waals surface area contributed by atoms with E-state index in [1.54, 1.807) is 11.8 Å². The van der Waals surface area contributed by atoms with E-state index in [-0.39, 0.29) is 10.6 Å². The first kappa shape index (κ1) is 11.8. The van der Waals surface area contributed by atoms with E-state index in [0.717, 1.165) is 12.3 Å². The van der Waals surface area contributed by atoms with Crippen LogP contribution in [0.3, 0.4) is 0 Å². The minimum Gasteiger partial charge on any atom is -0.343 e. The van der Waals surface area contributed by atoms with Crippen LogP contribution in [0.1, 0.15) is 0 Å². The van der Waals surface area contributed by atoms with E-state index in [9.17, 15) is 0 Å². The Labute approximate surface area is 97.0 Å². The second-order valence-corrected chi connectivity index (χ2v) is 4.25. The first-order valence-corrected chi connectivity index (χ1v) is 6.05. The molecule has 0 aliphatic carbocycles. The van der Waals surface area contributed by atoms with Crippen LogP contribution in [0.15, 0.2) is 0 Å². The number of nitrogens with zero attached hydrogens (tertiary/aromatic N) is 4. The fourth-order valence-corrected chi connectivity index (χ4v) is 1.63. The first-order chi connectivity index (χ1) is 6.63. The molecule has 0 amide bonds. The molecule has 78 valence electrons. The van der Waals surface area contributed by atoms with Crippen molar-refractivity contribution in [3.63, 3.8) is 0 Å². The van der Waals surface area contributed by atoms with E-state index in [4.69, 9.17) is 23.2 Å². The molecule has 0 unspecified atom stereocenters. The summed E-state index contributed by atoms with van der Waals surface area (Å²) in [5, 5.41) is 0.243. The van der Waals surface area contributed by atoms with Crippen molar-refractivity contribution in [3.05, 3.63) is 10.6 Å². The van der Waals surface area contributed by atoms with Crippen LogP contribution in [-0.2, 0) is 0 Å². The lowest BCUT2D eigenvalue weighted by atomic mass is 10.6. The summed E-state index contributed by atoms with van der Waals surface area (Å²) in [5.74, 6) is 1.50. The maximum absolute atomic E-state index is 5.65. The van der Waals surface area contributed by atoms with Gasteiger partial charge in [0.15, 0.2) is 0 Å². The molecule has 7 heteroatoms. The molecular formula is C7H10Cl2N4S. The highest BCUT2D eigenvalue weighted by atomic mass is 35.5. The molecule has 0 atom stereocenters. The zero-order valence-corrected chi connectivity index (χ0v) is 10.2. The van der Waals surface area contributed by atoms with Gasteiger partial charge in [-0.1, -0.05) is 0 Å². The fourth-order valence-electron chi connectivity index (χ4n) is 0.815. The Bertz CT molecular complexity index is 289. The third-order valence-corrected chi connectivity index (χ3v) is 2.47. The molecule has 0 saturated carbocycles. The Morgan fingerprint density at radius 3 is 2.29 bits per heavy atom. The van der Waals surface area contributed by atoms with Gasteiger partial charge in [0.25, 0.3) is 0 Å². The number of thioether (sulfide) groups is 1. The lowest BCUT2D eigenvalue weighted by Crippen LogP contribution is -2.22. The van der Waals surface area contributed by atoms with Crippen LogP contribution in [-0.4, -0.2) is 40.6 Å². The largest absolute Gasteiger partial charge is 0.343 e. The number of hydrogen-bond donors (Lipinski definition) is 0. The van der Waals surface area contributed by atoms with Crippen molar-refractivity contribution in [2.45, 2.75) is 0 Å². The van der Waals surface area contributed by atoms with Crippen LogP contribution in [0.2, 0.25) is 10.6 Å². The van der Waals surface area contributed by atoms with Gasteiger partial charge in [-0.25, -0.2) is 0 Å². The summed E-state index contributed by atoms with van der Waals surface area (Å²) in [7, 11) is 1.89. The maximum Gasteiger partial charge on any atom is 0.230 e. The maximum atomic E-state index is 5.65. The molecule has 0 bridgehead atoms. The minimum atomic E-state index is 0.121. The van der Waals surface area contributed by atoms with Gasteiger partial charge in [-0.3, -0.25) is 0 Å². The van der Waals surface area contributed by atoms with Gasteiger partial charge in [0.2, 0.25) is 16.5 Å². The minimum absolute atomic E-state index is 0.121. The molecule has 0 spiro atoms. The summed E-state index contributed by atoms with van der Waals surface area (Å²) >= 11 is 13.1. The first-order valence-electron chi connectivity index (χ1n) is 3.90. The molecular weight excluding hydrogens is 243 g/mol. The van der Waals surface area contributed by atoms with Crippen molar-refractivity contribution in [2.75, 3.05) is 30.5 Å². The van der Waals surface area contributed by atoms with Gasteiger partial charge >= 0.3 is 0 Å². The second kappa shape index (κ2) is 5.58. The van der Waals surface area contributed by atoms with E-state index < -0.39 is 0 Å². The number of hydrogen-bond acceptors (Lipinski definition) is 5. The lowest BCUT2D eigenvalue weighted by molar-refractivity contribution is 0.888. The number of aromatic nitrogens is 3. The van der Waals surface area contributed by atoms with Crippen LogP contribution in [0.4, 0.5) is 5.95 Å². The van der Waals surface area contributed by atoms with Crippen LogP contribution in [0.25, 0.3) is 0 Å². The normalized spacial score (nSPS) is 10.3. The van der Waals surface area contributed by atoms with Gasteiger partial charge in [0.05, 0.1) is 0 Å². The van der Waals surface area contributed by atoms with Gasteiger partial charge in [-0.2, -0.15) is 26.7 Å². The Morgan fingerprint density at radius 1 is 1.21 bits per heavy atom. The Balaban J connectivity index is 2.73. The summed E-state index contributed by atoms with van der Waals surface area (Å²) in [4.78, 5) is 13.5. The highest BCUT2D eigenvalue weighted by Crippen LogP contribution is 2.12. The number of anilines is 1. The van der Waals surface area contributed by atoms with E-state index >= 15 is 0 Å². The third-order valence-electron chi connectivity index (χ3n) is 1.54. The number of rotatable bonds is 4. The van der Waals surface area contributed by atoms with Crippen LogP contribution < -0.4 is 4.90 Å². The average molecular weight is 253 g/mol. The summed E-state index contributed by atoms with van der Waals surface area (Å²) in [6.07, 6.45) is 2.04. The van der Waals surface area contributed by atoms with Crippen molar-refractivity contribution < 1.29 is 0 Å². The summed E-state index contributed by atoms with van der Waals surface area (Å²) in [6.45, 7) is 0.845. The topological polar surface area (TPSA) is 41.9 Å². The highest BCUT2D eigenvalue weighted by Gasteiger charge is 2.07. The van der Waals surface area contributed by atoms with Crippen molar-refractivity contribution >= 4 is 40.9 Å². The van der Waals surface area contributed by atoms with Gasteiger partial charge in [0, 0.05) is 19.3 Å². The molecule has 0 fully saturated rings. The highest BCUT2D eigenvalue weighted by molar-refractivity contribution is 7.98. The SMILES string of the molecule is CSCCN(C)c1nc(Cl)nc(Cl)n1. The molecule has 1 aromatic heterocycles. The van der Waals surface area contributed by atoms with Crippen molar-refractivity contribution in [1.82, 2.24) is 15.0 Å². The fraction of sp³-hybridized carbons (Fsp3) is 0.571. The van der Waals surface area contributed by atoms with Crippen LogP contribution in [0.5, 0.6) is 0 Å². The molecule has 4 nitrogen and oxygen atoms in total. The van der Waals surface area contributed by atoms with E-state index in [1.807, 2.05) is 18.2 Å². The van der Waals surface area contributed by atoms with Crippen molar-refractivity contribution in [2.24, 2.45) is 0 Å². The number of halogens is 2. The average Bonchev–Trinajstić information content (AvgIpc) is 2.12. The second-order valence-electron chi connectivity index (χ2n) is 2.59. The third kappa shape index (κ3) is 3.48. The standard InChI is InChI=1S/C7H10Cl2N4S/c1-13(3-4-14-2)7-11-5(8)10-6(9)12-7/h3-4H2,1-2H3. The van der Waals surface area contributed by atoms with E-state index in [0.29, 0.717) is 5.95 Å².